The maximum absolute atomic E-state index is 10.6. The number of benzene rings is 3. The minimum Gasteiger partial charge on any atom is -0.507 e. The molecule has 0 saturated carbocycles. The topological polar surface area (TPSA) is 20.2 Å². The molecule has 0 bridgehead atoms. The third-order valence-electron chi connectivity index (χ3n) is 6.37. The zero-order valence-corrected chi connectivity index (χ0v) is 17.8. The van der Waals surface area contributed by atoms with Crippen LogP contribution in [-0.2, 0) is 5.41 Å². The summed E-state index contributed by atoms with van der Waals surface area (Å²) in [6, 6.07) is 19.7. The van der Waals surface area contributed by atoms with Crippen molar-refractivity contribution >= 4 is 0 Å². The van der Waals surface area contributed by atoms with Gasteiger partial charge in [-0.05, 0) is 62.9 Å². The molecule has 3 aromatic carbocycles. The Morgan fingerprint density at radius 3 is 1.71 bits per heavy atom. The average molecular weight is 371 g/mol. The lowest BCUT2D eigenvalue weighted by Gasteiger charge is -2.23. The van der Waals surface area contributed by atoms with E-state index >= 15 is 0 Å². The fourth-order valence-electron chi connectivity index (χ4n) is 4.43. The van der Waals surface area contributed by atoms with Gasteiger partial charge < -0.3 is 5.11 Å². The van der Waals surface area contributed by atoms with Gasteiger partial charge >= 0.3 is 0 Å². The second-order valence-electron chi connectivity index (χ2n) is 9.28. The van der Waals surface area contributed by atoms with Crippen molar-refractivity contribution in [3.8, 4) is 28.0 Å². The SMILES string of the molecule is CC(C)c1ccc(-c2ccc3c(c2)C(C)(C)c2cc(C(C)C)ccc2-3)c(O)c1. The summed E-state index contributed by atoms with van der Waals surface area (Å²) in [5.41, 5.74) is 9.90. The number of hydrogen-bond donors (Lipinski definition) is 1. The lowest BCUT2D eigenvalue weighted by Crippen LogP contribution is -2.15. The first-order chi connectivity index (χ1) is 13.2. The first-order valence-electron chi connectivity index (χ1n) is 10.3. The number of fused-ring (bicyclic) bond motifs is 3. The average Bonchev–Trinajstić information content (AvgIpc) is 2.88. The van der Waals surface area contributed by atoms with E-state index in [-0.39, 0.29) is 5.41 Å². The van der Waals surface area contributed by atoms with Crippen LogP contribution in [0.2, 0.25) is 0 Å². The highest BCUT2D eigenvalue weighted by Gasteiger charge is 2.36. The molecule has 144 valence electrons. The van der Waals surface area contributed by atoms with Crippen molar-refractivity contribution in [1.82, 2.24) is 0 Å². The van der Waals surface area contributed by atoms with Crippen molar-refractivity contribution in [2.45, 2.75) is 58.8 Å². The van der Waals surface area contributed by atoms with Gasteiger partial charge in [0.25, 0.3) is 0 Å². The summed E-state index contributed by atoms with van der Waals surface area (Å²) in [6.07, 6.45) is 0. The molecule has 4 rings (SSSR count). The van der Waals surface area contributed by atoms with Crippen LogP contribution in [0.25, 0.3) is 22.3 Å². The van der Waals surface area contributed by atoms with Crippen LogP contribution < -0.4 is 0 Å². The van der Waals surface area contributed by atoms with Crippen molar-refractivity contribution in [1.29, 1.82) is 0 Å². The van der Waals surface area contributed by atoms with Gasteiger partial charge in [0.1, 0.15) is 5.75 Å². The summed E-state index contributed by atoms with van der Waals surface area (Å²) in [4.78, 5) is 0. The summed E-state index contributed by atoms with van der Waals surface area (Å²) in [5, 5.41) is 10.6. The van der Waals surface area contributed by atoms with E-state index in [1.807, 2.05) is 6.07 Å². The maximum atomic E-state index is 10.6. The van der Waals surface area contributed by atoms with Crippen LogP contribution in [0.4, 0.5) is 0 Å². The van der Waals surface area contributed by atoms with E-state index in [1.54, 1.807) is 0 Å². The normalized spacial score (nSPS) is 14.4. The van der Waals surface area contributed by atoms with E-state index < -0.39 is 0 Å². The molecule has 0 unspecified atom stereocenters. The van der Waals surface area contributed by atoms with Crippen molar-refractivity contribution in [2.75, 3.05) is 0 Å². The van der Waals surface area contributed by atoms with Crippen molar-refractivity contribution in [3.63, 3.8) is 0 Å². The van der Waals surface area contributed by atoms with Crippen LogP contribution in [0, 0.1) is 0 Å². The summed E-state index contributed by atoms with van der Waals surface area (Å²) in [5.74, 6) is 1.29. The van der Waals surface area contributed by atoms with Crippen molar-refractivity contribution in [3.05, 3.63) is 76.9 Å². The van der Waals surface area contributed by atoms with Crippen LogP contribution in [0.3, 0.4) is 0 Å². The lowest BCUT2D eigenvalue weighted by atomic mass is 9.80. The van der Waals surface area contributed by atoms with E-state index in [9.17, 15) is 5.11 Å². The highest BCUT2D eigenvalue weighted by Crippen LogP contribution is 2.50. The Morgan fingerprint density at radius 1 is 0.643 bits per heavy atom. The van der Waals surface area contributed by atoms with E-state index in [4.69, 9.17) is 0 Å². The van der Waals surface area contributed by atoms with Crippen LogP contribution >= 0.6 is 0 Å². The Morgan fingerprint density at radius 2 is 1.14 bits per heavy atom. The number of aromatic hydroxyl groups is 1. The number of phenolic OH excluding ortho intramolecular Hbond substituents is 1. The van der Waals surface area contributed by atoms with Gasteiger partial charge in [-0.2, -0.15) is 0 Å². The molecule has 0 fully saturated rings. The van der Waals surface area contributed by atoms with Gasteiger partial charge in [0.2, 0.25) is 0 Å². The smallest absolute Gasteiger partial charge is 0.123 e. The molecule has 1 N–H and O–H groups in total. The molecule has 0 aromatic heterocycles. The van der Waals surface area contributed by atoms with Gasteiger partial charge in [0.05, 0.1) is 0 Å². The van der Waals surface area contributed by atoms with Gasteiger partial charge in [0.15, 0.2) is 0 Å². The Balaban J connectivity index is 1.83. The second-order valence-corrected chi connectivity index (χ2v) is 9.28. The third-order valence-corrected chi connectivity index (χ3v) is 6.37. The molecule has 1 heteroatoms. The Hall–Kier alpha value is -2.54. The van der Waals surface area contributed by atoms with E-state index in [0.29, 0.717) is 17.6 Å². The van der Waals surface area contributed by atoms with Gasteiger partial charge in [-0.15, -0.1) is 0 Å². The Bertz CT molecular complexity index is 1050. The van der Waals surface area contributed by atoms with Crippen molar-refractivity contribution < 1.29 is 5.11 Å². The summed E-state index contributed by atoms with van der Waals surface area (Å²) in [7, 11) is 0. The minimum atomic E-state index is -0.0426. The first kappa shape index (κ1) is 18.8. The van der Waals surface area contributed by atoms with Gasteiger partial charge in [-0.25, -0.2) is 0 Å². The molecular formula is C27H30O. The van der Waals surface area contributed by atoms with Gasteiger partial charge in [-0.3, -0.25) is 0 Å². The predicted octanol–water partition coefficient (Wildman–Crippen LogP) is 7.61. The third kappa shape index (κ3) is 2.85. The molecule has 3 aromatic rings. The molecule has 1 aliphatic rings. The summed E-state index contributed by atoms with van der Waals surface area (Å²) in [6.45, 7) is 13.4. The largest absolute Gasteiger partial charge is 0.507 e. The maximum Gasteiger partial charge on any atom is 0.123 e. The van der Waals surface area contributed by atoms with Gasteiger partial charge in [-0.1, -0.05) is 84.0 Å². The Labute approximate surface area is 169 Å². The highest BCUT2D eigenvalue weighted by molar-refractivity contribution is 5.84. The molecule has 0 aliphatic heterocycles. The van der Waals surface area contributed by atoms with E-state index in [1.165, 1.54) is 27.8 Å². The summed E-state index contributed by atoms with van der Waals surface area (Å²) >= 11 is 0. The fourth-order valence-corrected chi connectivity index (χ4v) is 4.43. The molecule has 0 spiro atoms. The molecule has 0 saturated heterocycles. The fraction of sp³-hybridized carbons (Fsp3) is 0.333. The van der Waals surface area contributed by atoms with E-state index in [0.717, 1.165) is 16.7 Å². The van der Waals surface area contributed by atoms with Crippen LogP contribution in [-0.4, -0.2) is 5.11 Å². The monoisotopic (exact) mass is 370 g/mol. The van der Waals surface area contributed by atoms with E-state index in [2.05, 4.69) is 90.1 Å². The highest BCUT2D eigenvalue weighted by atomic mass is 16.3. The molecule has 0 amide bonds. The quantitative estimate of drug-likeness (QED) is 0.503. The molecular weight excluding hydrogens is 340 g/mol. The van der Waals surface area contributed by atoms with Crippen LogP contribution in [0.1, 0.15) is 75.6 Å². The first-order valence-corrected chi connectivity index (χ1v) is 10.3. The molecule has 0 heterocycles. The number of hydrogen-bond acceptors (Lipinski definition) is 1. The summed E-state index contributed by atoms with van der Waals surface area (Å²) < 4.78 is 0. The lowest BCUT2D eigenvalue weighted by molar-refractivity contribution is 0.476. The number of phenols is 1. The van der Waals surface area contributed by atoms with Crippen LogP contribution in [0.15, 0.2) is 54.6 Å². The zero-order chi connectivity index (χ0) is 20.2. The van der Waals surface area contributed by atoms with Gasteiger partial charge in [0, 0.05) is 11.0 Å². The minimum absolute atomic E-state index is 0.0426. The van der Waals surface area contributed by atoms with Crippen molar-refractivity contribution in [2.24, 2.45) is 0 Å². The molecule has 0 radical (unpaired) electrons. The Kier molecular flexibility index (Phi) is 4.38. The standard InChI is InChI=1S/C27H30O/c1-16(2)18-8-11-22-23-12-9-20(14-25(23)27(5,6)24(22)13-18)21-10-7-19(17(3)4)15-26(21)28/h7-17,28H,1-6H3. The number of rotatable bonds is 3. The molecule has 1 aliphatic carbocycles. The zero-order valence-electron chi connectivity index (χ0n) is 17.8. The predicted molar refractivity (Wildman–Crippen MR) is 119 cm³/mol. The molecule has 0 atom stereocenters. The molecule has 28 heavy (non-hydrogen) atoms. The second kappa shape index (κ2) is 6.51. The van der Waals surface area contributed by atoms with Crippen LogP contribution in [0.5, 0.6) is 5.75 Å². The molecule has 1 nitrogen and oxygen atoms in total.